The Morgan fingerprint density at radius 3 is 2.11 bits per heavy atom. The zero-order valence-electron chi connectivity index (χ0n) is 23.0. The lowest BCUT2D eigenvalue weighted by atomic mass is 9.79. The van der Waals surface area contributed by atoms with Gasteiger partial charge in [0.25, 0.3) is 8.32 Å². The number of hydrogen-bond acceptors (Lipinski definition) is 5. The van der Waals surface area contributed by atoms with Crippen molar-refractivity contribution in [3.05, 3.63) is 60.7 Å². The van der Waals surface area contributed by atoms with Crippen LogP contribution < -0.4 is 10.4 Å². The molecule has 2 aromatic rings. The predicted octanol–water partition coefficient (Wildman–Crippen LogP) is 5.35. The number of carbonyl (C=O) groups excluding carboxylic acids is 1. The maximum absolute atomic E-state index is 11.9. The topological polar surface area (TPSA) is 54.0 Å². The van der Waals surface area contributed by atoms with Gasteiger partial charge in [-0.05, 0) is 48.0 Å². The van der Waals surface area contributed by atoms with E-state index in [9.17, 15) is 4.79 Å². The third-order valence-electron chi connectivity index (χ3n) is 8.86. The molecule has 5 nitrogen and oxygen atoms in total. The molecule has 37 heavy (non-hydrogen) atoms. The first-order valence-corrected chi connectivity index (χ1v) is 15.8. The molecule has 3 heterocycles. The fraction of sp³-hybridized carbons (Fsp3) is 0.581. The van der Waals surface area contributed by atoms with Gasteiger partial charge in [-0.25, -0.2) is 0 Å². The van der Waals surface area contributed by atoms with E-state index >= 15 is 0 Å². The van der Waals surface area contributed by atoms with E-state index in [4.69, 9.17) is 18.6 Å². The second-order valence-electron chi connectivity index (χ2n) is 12.4. The normalized spacial score (nSPS) is 32.2. The Morgan fingerprint density at radius 2 is 1.57 bits per heavy atom. The maximum Gasteiger partial charge on any atom is 0.308 e. The van der Waals surface area contributed by atoms with Crippen LogP contribution in [0.15, 0.2) is 60.7 Å². The number of rotatable bonds is 6. The second kappa shape index (κ2) is 9.95. The van der Waals surface area contributed by atoms with Crippen molar-refractivity contribution in [3.8, 4) is 0 Å². The van der Waals surface area contributed by atoms with Gasteiger partial charge in [-0.2, -0.15) is 0 Å². The monoisotopic (exact) mass is 522 g/mol. The van der Waals surface area contributed by atoms with Crippen molar-refractivity contribution in [2.24, 2.45) is 5.92 Å². The van der Waals surface area contributed by atoms with Crippen LogP contribution in [0.1, 0.15) is 73.1 Å². The molecule has 5 atom stereocenters. The van der Waals surface area contributed by atoms with Crippen molar-refractivity contribution in [1.82, 2.24) is 0 Å². The van der Waals surface area contributed by atoms with Gasteiger partial charge in [-0.15, -0.1) is 0 Å². The summed E-state index contributed by atoms with van der Waals surface area (Å²) >= 11 is 0. The number of hydrogen-bond donors (Lipinski definition) is 0. The zero-order chi connectivity index (χ0) is 26.3. The van der Waals surface area contributed by atoms with Gasteiger partial charge in [0, 0.05) is 18.9 Å². The first-order chi connectivity index (χ1) is 17.6. The van der Waals surface area contributed by atoms with Crippen LogP contribution in [0.5, 0.6) is 0 Å². The van der Waals surface area contributed by atoms with Gasteiger partial charge >= 0.3 is 5.97 Å². The van der Waals surface area contributed by atoms with Gasteiger partial charge in [-0.1, -0.05) is 88.4 Å². The van der Waals surface area contributed by atoms with E-state index in [1.54, 1.807) is 0 Å². The number of esters is 1. The van der Waals surface area contributed by atoms with Gasteiger partial charge in [0.05, 0.1) is 24.2 Å². The largest absolute Gasteiger partial charge is 0.433 e. The molecule has 0 saturated carbocycles. The molecule has 0 amide bonds. The quantitative estimate of drug-likeness (QED) is 0.378. The fourth-order valence-electron chi connectivity index (χ4n) is 6.77. The van der Waals surface area contributed by atoms with Crippen molar-refractivity contribution < 1.29 is 23.4 Å². The summed E-state index contributed by atoms with van der Waals surface area (Å²) in [5.74, 6) is -0.822. The lowest BCUT2D eigenvalue weighted by Gasteiger charge is -2.52. The Morgan fingerprint density at radius 1 is 0.946 bits per heavy atom. The van der Waals surface area contributed by atoms with Crippen LogP contribution in [0.2, 0.25) is 5.04 Å². The summed E-state index contributed by atoms with van der Waals surface area (Å²) in [6.45, 7) is 11.8. The van der Waals surface area contributed by atoms with Crippen LogP contribution in [0.4, 0.5) is 0 Å². The Hall–Kier alpha value is -1.99. The van der Waals surface area contributed by atoms with E-state index in [-0.39, 0.29) is 34.7 Å². The van der Waals surface area contributed by atoms with Crippen molar-refractivity contribution in [2.45, 2.75) is 102 Å². The van der Waals surface area contributed by atoms with Crippen LogP contribution in [0.25, 0.3) is 0 Å². The summed E-state index contributed by atoms with van der Waals surface area (Å²) < 4.78 is 26.0. The molecule has 0 aliphatic carbocycles. The molecule has 1 spiro atoms. The summed E-state index contributed by atoms with van der Waals surface area (Å²) in [5, 5.41) is 2.56. The van der Waals surface area contributed by atoms with Gasteiger partial charge in [0.1, 0.15) is 0 Å². The standard InChI is InChI=1S/C31H42O5Si/c1-23-22-28(32)36-31(23)20-19-30(5)27(35-31)17-16-24(34-30)18-21-33-37(29(2,3)4,25-12-8-6-9-13-25)26-14-10-7-11-15-26/h6-15,23-24,27H,16-22H2,1-5H3/t23-,24-,27+,30-,31-/m0/s1. The zero-order valence-corrected chi connectivity index (χ0v) is 24.0. The van der Waals surface area contributed by atoms with E-state index in [0.29, 0.717) is 19.4 Å². The highest BCUT2D eigenvalue weighted by Crippen LogP contribution is 2.49. The summed E-state index contributed by atoms with van der Waals surface area (Å²) in [4.78, 5) is 11.9. The minimum atomic E-state index is -2.55. The van der Waals surface area contributed by atoms with E-state index < -0.39 is 14.1 Å². The predicted molar refractivity (Wildman–Crippen MR) is 147 cm³/mol. The van der Waals surface area contributed by atoms with E-state index in [1.165, 1.54) is 10.4 Å². The van der Waals surface area contributed by atoms with Gasteiger partial charge in [0.15, 0.2) is 0 Å². The summed E-state index contributed by atoms with van der Waals surface area (Å²) in [7, 11) is -2.55. The first-order valence-electron chi connectivity index (χ1n) is 13.9. The molecule has 2 aromatic carbocycles. The Labute approximate surface area is 223 Å². The number of ether oxygens (including phenoxy) is 3. The molecule has 0 radical (unpaired) electrons. The third-order valence-corrected chi connectivity index (χ3v) is 13.9. The number of benzene rings is 2. The molecule has 6 heteroatoms. The third kappa shape index (κ3) is 4.82. The SMILES string of the molecule is C[C@H]1CC(=O)O[C@@]12CC[C@]1(C)O[C@H](CCO[Si](c3ccccc3)(c3ccccc3)C(C)(C)C)CC[C@H]1O2. The second-order valence-corrected chi connectivity index (χ2v) is 16.7. The smallest absolute Gasteiger partial charge is 0.308 e. The molecule has 3 saturated heterocycles. The molecule has 3 fully saturated rings. The van der Waals surface area contributed by atoms with Gasteiger partial charge < -0.3 is 18.6 Å². The molecule has 3 aliphatic heterocycles. The van der Waals surface area contributed by atoms with Crippen LogP contribution in [0, 0.1) is 5.92 Å². The Bertz CT molecular complexity index is 1040. The molecule has 0 bridgehead atoms. The fourth-order valence-corrected chi connectivity index (χ4v) is 11.3. The lowest BCUT2D eigenvalue weighted by Crippen LogP contribution is -2.66. The summed E-state index contributed by atoms with van der Waals surface area (Å²) in [6.07, 6.45) is 4.72. The van der Waals surface area contributed by atoms with Crippen LogP contribution >= 0.6 is 0 Å². The number of carbonyl (C=O) groups is 1. The molecular weight excluding hydrogens is 480 g/mol. The minimum absolute atomic E-state index is 0.0405. The number of fused-ring (bicyclic) bond motifs is 1. The van der Waals surface area contributed by atoms with Crippen LogP contribution in [-0.4, -0.2) is 44.5 Å². The average molecular weight is 523 g/mol. The Kier molecular flexibility index (Phi) is 7.16. The molecule has 0 aromatic heterocycles. The maximum atomic E-state index is 11.9. The molecular formula is C31H42O5Si. The van der Waals surface area contributed by atoms with Crippen molar-refractivity contribution >= 4 is 24.7 Å². The summed E-state index contributed by atoms with van der Waals surface area (Å²) in [5.41, 5.74) is -0.361. The van der Waals surface area contributed by atoms with E-state index in [1.807, 2.05) is 0 Å². The van der Waals surface area contributed by atoms with Crippen LogP contribution in [-0.2, 0) is 23.4 Å². The van der Waals surface area contributed by atoms with Crippen molar-refractivity contribution in [3.63, 3.8) is 0 Å². The average Bonchev–Trinajstić information content (AvgIpc) is 3.14. The lowest BCUT2D eigenvalue weighted by molar-refractivity contribution is -0.331. The minimum Gasteiger partial charge on any atom is -0.433 e. The highest BCUT2D eigenvalue weighted by atomic mass is 28.4. The van der Waals surface area contributed by atoms with Crippen LogP contribution in [0.3, 0.4) is 0 Å². The van der Waals surface area contributed by atoms with E-state index in [2.05, 4.69) is 95.3 Å². The molecule has 3 aliphatic rings. The Balaban J connectivity index is 1.30. The van der Waals surface area contributed by atoms with Crippen molar-refractivity contribution in [1.29, 1.82) is 0 Å². The molecule has 0 N–H and O–H groups in total. The van der Waals surface area contributed by atoms with Crippen molar-refractivity contribution in [2.75, 3.05) is 6.61 Å². The van der Waals surface area contributed by atoms with Gasteiger partial charge in [0.2, 0.25) is 5.79 Å². The first kappa shape index (κ1) is 26.6. The van der Waals surface area contributed by atoms with Gasteiger partial charge in [-0.3, -0.25) is 4.79 Å². The summed E-state index contributed by atoms with van der Waals surface area (Å²) in [6, 6.07) is 21.6. The highest BCUT2D eigenvalue weighted by Gasteiger charge is 2.58. The molecule has 200 valence electrons. The highest BCUT2D eigenvalue weighted by molar-refractivity contribution is 6.99. The molecule has 0 unspecified atom stereocenters. The van der Waals surface area contributed by atoms with E-state index in [0.717, 1.165) is 25.7 Å². The molecule has 5 rings (SSSR count).